The first-order chi connectivity index (χ1) is 13.1. The molecule has 2 rings (SSSR count). The molecule has 0 aliphatic heterocycles. The van der Waals surface area contributed by atoms with E-state index in [1.165, 1.54) is 13.0 Å². The number of aryl methyl sites for hydroxylation is 1. The van der Waals surface area contributed by atoms with E-state index in [-0.39, 0.29) is 10.5 Å². The predicted octanol–water partition coefficient (Wildman–Crippen LogP) is 4.88. The first-order valence-corrected chi connectivity index (χ1v) is 9.76. The third-order valence-corrected chi connectivity index (χ3v) is 5.04. The third-order valence-electron chi connectivity index (χ3n) is 3.93. The van der Waals surface area contributed by atoms with E-state index in [9.17, 15) is 39.6 Å². The van der Waals surface area contributed by atoms with E-state index in [1.54, 1.807) is 0 Å². The van der Waals surface area contributed by atoms with Crippen molar-refractivity contribution in [3.05, 3.63) is 64.7 Å². The predicted molar refractivity (Wildman–Crippen MR) is 89.9 cm³/mol. The maximum atomic E-state index is 13.5. The van der Waals surface area contributed by atoms with E-state index in [1.807, 2.05) is 0 Å². The molecule has 29 heavy (non-hydrogen) atoms. The zero-order chi connectivity index (χ0) is 22.2. The Labute approximate surface area is 162 Å². The minimum atomic E-state index is -5.35. The van der Waals surface area contributed by atoms with E-state index in [4.69, 9.17) is 0 Å². The molecule has 11 heteroatoms. The second-order valence-electron chi connectivity index (χ2n) is 6.16. The molecule has 0 aromatic heterocycles. The number of sulfone groups is 1. The molecular formula is C18H14F6O4S. The molecule has 0 fully saturated rings. The molecule has 0 radical (unpaired) electrons. The molecule has 2 aromatic carbocycles. The number of carbonyl (C=O) groups is 1. The molecule has 2 aromatic rings. The summed E-state index contributed by atoms with van der Waals surface area (Å²) in [5.41, 5.74) is -3.30. The number of carbonyl (C=O) groups excluding carboxylic acids is 1. The van der Waals surface area contributed by atoms with Crippen LogP contribution in [-0.2, 0) is 20.8 Å². The summed E-state index contributed by atoms with van der Waals surface area (Å²) in [6, 6.07) is 6.00. The highest BCUT2D eigenvalue weighted by Gasteiger charge is 2.48. The van der Waals surface area contributed by atoms with Crippen LogP contribution in [0.4, 0.5) is 26.3 Å². The van der Waals surface area contributed by atoms with Crippen molar-refractivity contribution in [1.82, 2.24) is 0 Å². The van der Waals surface area contributed by atoms with Gasteiger partial charge < -0.3 is 4.74 Å². The lowest BCUT2D eigenvalue weighted by molar-refractivity contribution is -0.209. The number of benzene rings is 2. The minimum Gasteiger partial charge on any atom is -0.444 e. The summed E-state index contributed by atoms with van der Waals surface area (Å²) in [5.74, 6) is -1.60. The van der Waals surface area contributed by atoms with Gasteiger partial charge in [-0.05, 0) is 30.7 Å². The van der Waals surface area contributed by atoms with Crippen LogP contribution in [0, 0.1) is 6.92 Å². The van der Waals surface area contributed by atoms with Crippen molar-refractivity contribution < 1.29 is 44.3 Å². The summed E-state index contributed by atoms with van der Waals surface area (Å²) in [5, 5.41) is 0. The standard InChI is InChI=1S/C18H14F6O4S/c1-10-7-8-11(29(2,26)27)9-13(10)16(25)28-15(18(22,23)24)12-5-3-4-6-14(12)17(19,20)21/h3-9,15H,1-2H3/t15-/m0/s1. The van der Waals surface area contributed by atoms with Crippen LogP contribution in [0.3, 0.4) is 0 Å². The molecule has 0 N–H and O–H groups in total. The Morgan fingerprint density at radius 1 is 1.00 bits per heavy atom. The summed E-state index contributed by atoms with van der Waals surface area (Å²) in [7, 11) is -3.79. The lowest BCUT2D eigenvalue weighted by Gasteiger charge is -2.24. The number of hydrogen-bond donors (Lipinski definition) is 0. The van der Waals surface area contributed by atoms with E-state index < -0.39 is 51.0 Å². The molecule has 0 bridgehead atoms. The van der Waals surface area contributed by atoms with Gasteiger partial charge >= 0.3 is 18.3 Å². The van der Waals surface area contributed by atoms with Gasteiger partial charge in [-0.25, -0.2) is 13.2 Å². The first kappa shape index (κ1) is 22.7. The second-order valence-corrected chi connectivity index (χ2v) is 8.18. The van der Waals surface area contributed by atoms with E-state index in [0.717, 1.165) is 30.5 Å². The maximum Gasteiger partial charge on any atom is 0.429 e. The summed E-state index contributed by atoms with van der Waals surface area (Å²) in [4.78, 5) is 12.0. The van der Waals surface area contributed by atoms with Gasteiger partial charge in [0, 0.05) is 11.8 Å². The fraction of sp³-hybridized carbons (Fsp3) is 0.278. The van der Waals surface area contributed by atoms with Crippen LogP contribution in [0.25, 0.3) is 0 Å². The van der Waals surface area contributed by atoms with E-state index in [2.05, 4.69) is 4.74 Å². The number of alkyl halides is 6. The van der Waals surface area contributed by atoms with Gasteiger partial charge in [-0.2, -0.15) is 26.3 Å². The highest BCUT2D eigenvalue weighted by Crippen LogP contribution is 2.42. The smallest absolute Gasteiger partial charge is 0.429 e. The van der Waals surface area contributed by atoms with Gasteiger partial charge in [-0.3, -0.25) is 0 Å². The van der Waals surface area contributed by atoms with Crippen molar-refractivity contribution in [2.75, 3.05) is 6.26 Å². The Kier molecular flexibility index (Phi) is 6.03. The normalized spacial score (nSPS) is 13.8. The maximum absolute atomic E-state index is 13.5. The van der Waals surface area contributed by atoms with Gasteiger partial charge in [0.2, 0.25) is 6.10 Å². The minimum absolute atomic E-state index is 0.0902. The van der Waals surface area contributed by atoms with Crippen LogP contribution < -0.4 is 0 Å². The van der Waals surface area contributed by atoms with Crippen molar-refractivity contribution in [3.63, 3.8) is 0 Å². The van der Waals surface area contributed by atoms with E-state index in [0.29, 0.717) is 12.1 Å². The highest BCUT2D eigenvalue weighted by molar-refractivity contribution is 7.90. The Morgan fingerprint density at radius 2 is 1.59 bits per heavy atom. The molecule has 0 heterocycles. The number of rotatable bonds is 4. The third kappa shape index (κ3) is 5.28. The summed E-state index contributed by atoms with van der Waals surface area (Å²) >= 11 is 0. The van der Waals surface area contributed by atoms with Gasteiger partial charge in [0.15, 0.2) is 9.84 Å². The molecule has 0 aliphatic rings. The molecule has 158 valence electrons. The van der Waals surface area contributed by atoms with Gasteiger partial charge in [-0.15, -0.1) is 0 Å². The zero-order valence-corrected chi connectivity index (χ0v) is 15.7. The van der Waals surface area contributed by atoms with Crippen molar-refractivity contribution in [3.8, 4) is 0 Å². The fourth-order valence-electron chi connectivity index (χ4n) is 2.51. The molecule has 1 atom stereocenters. The zero-order valence-electron chi connectivity index (χ0n) is 14.9. The number of ether oxygens (including phenoxy) is 1. The van der Waals surface area contributed by atoms with Crippen LogP contribution in [0.1, 0.15) is 33.2 Å². The van der Waals surface area contributed by atoms with Crippen molar-refractivity contribution in [2.24, 2.45) is 0 Å². The SMILES string of the molecule is Cc1ccc(S(C)(=O)=O)cc1C(=O)O[C@@H](c1ccccc1C(F)(F)F)C(F)(F)F. The molecule has 0 spiro atoms. The van der Waals surface area contributed by atoms with Crippen LogP contribution in [0.15, 0.2) is 47.4 Å². The quantitative estimate of drug-likeness (QED) is 0.503. The fourth-order valence-corrected chi connectivity index (χ4v) is 3.16. The first-order valence-electron chi connectivity index (χ1n) is 7.87. The van der Waals surface area contributed by atoms with Crippen molar-refractivity contribution in [1.29, 1.82) is 0 Å². The Hall–Kier alpha value is -2.56. The van der Waals surface area contributed by atoms with Crippen molar-refractivity contribution in [2.45, 2.75) is 30.3 Å². The average molecular weight is 440 g/mol. The van der Waals surface area contributed by atoms with Crippen LogP contribution in [0.5, 0.6) is 0 Å². The van der Waals surface area contributed by atoms with Gasteiger partial charge in [0.05, 0.1) is 16.0 Å². The molecule has 0 amide bonds. The van der Waals surface area contributed by atoms with Crippen LogP contribution in [0.2, 0.25) is 0 Å². The lowest BCUT2D eigenvalue weighted by atomic mass is 10.0. The largest absolute Gasteiger partial charge is 0.444 e. The Morgan fingerprint density at radius 3 is 2.10 bits per heavy atom. The van der Waals surface area contributed by atoms with Gasteiger partial charge in [0.25, 0.3) is 0 Å². The molecular weight excluding hydrogens is 426 g/mol. The lowest BCUT2D eigenvalue weighted by Crippen LogP contribution is -2.28. The van der Waals surface area contributed by atoms with Gasteiger partial charge in [-0.1, -0.05) is 24.3 Å². The average Bonchev–Trinajstić information content (AvgIpc) is 2.57. The summed E-state index contributed by atoms with van der Waals surface area (Å²) < 4.78 is 107. The Balaban J connectivity index is 2.53. The van der Waals surface area contributed by atoms with Gasteiger partial charge in [0.1, 0.15) is 0 Å². The second kappa shape index (κ2) is 7.69. The molecule has 0 aliphatic carbocycles. The molecule has 0 unspecified atom stereocenters. The number of hydrogen-bond acceptors (Lipinski definition) is 4. The number of halogens is 6. The monoisotopic (exact) mass is 440 g/mol. The topological polar surface area (TPSA) is 60.4 Å². The molecule has 4 nitrogen and oxygen atoms in total. The van der Waals surface area contributed by atoms with Crippen LogP contribution in [-0.4, -0.2) is 26.8 Å². The summed E-state index contributed by atoms with van der Waals surface area (Å²) in [6.45, 7) is 1.31. The van der Waals surface area contributed by atoms with Crippen LogP contribution >= 0.6 is 0 Å². The highest BCUT2D eigenvalue weighted by atomic mass is 32.2. The number of esters is 1. The van der Waals surface area contributed by atoms with Crippen molar-refractivity contribution >= 4 is 15.8 Å². The van der Waals surface area contributed by atoms with E-state index >= 15 is 0 Å². The Bertz CT molecular complexity index is 1030. The summed E-state index contributed by atoms with van der Waals surface area (Å²) in [6.07, 6.45) is -12.8. The molecule has 0 saturated heterocycles. The molecule has 0 saturated carbocycles.